The van der Waals surface area contributed by atoms with Gasteiger partial charge < -0.3 is 9.47 Å². The van der Waals surface area contributed by atoms with E-state index in [4.69, 9.17) is 31.6 Å². The van der Waals surface area contributed by atoms with Crippen molar-refractivity contribution in [3.63, 3.8) is 0 Å². The van der Waals surface area contributed by atoms with Crippen LogP contribution < -0.4 is 9.47 Å². The van der Waals surface area contributed by atoms with E-state index >= 15 is 0 Å². The third kappa shape index (κ3) is 4.52. The second-order valence-corrected chi connectivity index (χ2v) is 5.22. The lowest BCUT2D eigenvalue weighted by atomic mass is 10.1. The predicted octanol–water partition coefficient (Wildman–Crippen LogP) is 4.75. The Hall–Kier alpha value is -2.95. The third-order valence-electron chi connectivity index (χ3n) is 3.14. The molecule has 2 aromatic carbocycles. The molecule has 0 heterocycles. The van der Waals surface area contributed by atoms with Gasteiger partial charge in [-0.25, -0.2) is 0 Å². The summed E-state index contributed by atoms with van der Waals surface area (Å²) in [5, 5.41) is 18.1. The number of allylic oxidation sites excluding steroid dienone is 1. The molecule has 0 N–H and O–H groups in total. The van der Waals surface area contributed by atoms with Crippen molar-refractivity contribution in [2.75, 3.05) is 6.61 Å². The van der Waals surface area contributed by atoms with Crippen molar-refractivity contribution in [1.29, 1.82) is 10.5 Å². The number of hydrogen-bond acceptors (Lipinski definition) is 4. The van der Waals surface area contributed by atoms with Crippen LogP contribution in [0.1, 0.15) is 18.1 Å². The molecule has 0 spiro atoms. The zero-order valence-electron chi connectivity index (χ0n) is 13.1. The molecule has 0 aliphatic carbocycles. The maximum Gasteiger partial charge on any atom is 0.163 e. The van der Waals surface area contributed by atoms with E-state index in [1.165, 1.54) is 6.08 Å². The highest BCUT2D eigenvalue weighted by Gasteiger charge is 2.11. The van der Waals surface area contributed by atoms with Crippen LogP contribution in [-0.4, -0.2) is 6.61 Å². The van der Waals surface area contributed by atoms with Gasteiger partial charge in [-0.15, -0.1) is 0 Å². The van der Waals surface area contributed by atoms with Crippen molar-refractivity contribution in [3.05, 3.63) is 64.2 Å². The molecule has 0 radical (unpaired) electrons. The average molecular weight is 339 g/mol. The molecule has 0 saturated carbocycles. The molecule has 0 saturated heterocycles. The number of halogens is 1. The van der Waals surface area contributed by atoms with Gasteiger partial charge in [-0.3, -0.25) is 0 Å². The predicted molar refractivity (Wildman–Crippen MR) is 92.6 cm³/mol. The van der Waals surface area contributed by atoms with E-state index in [9.17, 15) is 0 Å². The van der Waals surface area contributed by atoms with Gasteiger partial charge in [0.1, 0.15) is 24.3 Å². The van der Waals surface area contributed by atoms with E-state index in [1.54, 1.807) is 12.1 Å². The van der Waals surface area contributed by atoms with Gasteiger partial charge >= 0.3 is 0 Å². The van der Waals surface area contributed by atoms with Crippen LogP contribution in [0.25, 0.3) is 6.08 Å². The molecule has 0 aromatic heterocycles. The van der Waals surface area contributed by atoms with Crippen molar-refractivity contribution in [2.24, 2.45) is 0 Å². The fourth-order valence-electron chi connectivity index (χ4n) is 2.02. The Bertz CT molecular complexity index is 802. The first-order valence-corrected chi connectivity index (χ1v) is 7.70. The van der Waals surface area contributed by atoms with Gasteiger partial charge in [0.25, 0.3) is 0 Å². The van der Waals surface area contributed by atoms with E-state index in [0.29, 0.717) is 35.3 Å². The van der Waals surface area contributed by atoms with Crippen LogP contribution in [-0.2, 0) is 6.61 Å². The summed E-state index contributed by atoms with van der Waals surface area (Å²) in [6, 6.07) is 16.7. The second kappa shape index (κ2) is 8.62. The first-order valence-electron chi connectivity index (χ1n) is 7.33. The largest absolute Gasteiger partial charge is 0.490 e. The minimum absolute atomic E-state index is 0.0303. The van der Waals surface area contributed by atoms with E-state index < -0.39 is 0 Å². The average Bonchev–Trinajstić information content (AvgIpc) is 2.61. The van der Waals surface area contributed by atoms with E-state index in [2.05, 4.69) is 0 Å². The number of nitrogens with zero attached hydrogens (tertiary/aromatic N) is 2. The summed E-state index contributed by atoms with van der Waals surface area (Å²) < 4.78 is 11.4. The van der Waals surface area contributed by atoms with Gasteiger partial charge in [-0.05, 0) is 30.2 Å². The van der Waals surface area contributed by atoms with Crippen LogP contribution in [0.15, 0.2) is 48.0 Å². The Morgan fingerprint density at radius 3 is 2.38 bits per heavy atom. The monoisotopic (exact) mass is 338 g/mol. The van der Waals surface area contributed by atoms with Gasteiger partial charge in [0, 0.05) is 6.07 Å². The quantitative estimate of drug-likeness (QED) is 0.713. The molecule has 0 amide bonds. The highest BCUT2D eigenvalue weighted by molar-refractivity contribution is 6.32. The minimum atomic E-state index is -0.0303. The fraction of sp³-hybridized carbons (Fsp3) is 0.158. The first-order chi connectivity index (χ1) is 11.7. The van der Waals surface area contributed by atoms with Crippen LogP contribution in [0.5, 0.6) is 11.5 Å². The van der Waals surface area contributed by atoms with Gasteiger partial charge in [-0.2, -0.15) is 10.5 Å². The lowest BCUT2D eigenvalue weighted by molar-refractivity contribution is 0.269. The maximum atomic E-state index is 8.88. The van der Waals surface area contributed by atoms with Crippen LogP contribution in [0.2, 0.25) is 5.02 Å². The molecule has 120 valence electrons. The highest BCUT2D eigenvalue weighted by atomic mass is 35.5. The van der Waals surface area contributed by atoms with Gasteiger partial charge in [0.15, 0.2) is 11.5 Å². The number of rotatable bonds is 6. The van der Waals surface area contributed by atoms with Crippen molar-refractivity contribution in [2.45, 2.75) is 13.5 Å². The summed E-state index contributed by atoms with van der Waals surface area (Å²) in [6.07, 6.45) is 1.42. The molecule has 5 heteroatoms. The molecule has 0 bridgehead atoms. The summed E-state index contributed by atoms with van der Waals surface area (Å²) in [4.78, 5) is 0. The molecule has 0 aliphatic rings. The highest BCUT2D eigenvalue weighted by Crippen LogP contribution is 2.35. The Balaban J connectivity index is 2.31. The summed E-state index contributed by atoms with van der Waals surface area (Å²) in [5.41, 5.74) is 1.53. The van der Waals surface area contributed by atoms with Crippen LogP contribution in [0, 0.1) is 22.7 Å². The van der Waals surface area contributed by atoms with Crippen molar-refractivity contribution in [1.82, 2.24) is 0 Å². The van der Waals surface area contributed by atoms with Gasteiger partial charge in [-0.1, -0.05) is 41.9 Å². The van der Waals surface area contributed by atoms with Crippen LogP contribution >= 0.6 is 11.6 Å². The summed E-state index contributed by atoms with van der Waals surface area (Å²) in [6.45, 7) is 2.70. The van der Waals surface area contributed by atoms with E-state index in [-0.39, 0.29) is 5.57 Å². The summed E-state index contributed by atoms with van der Waals surface area (Å²) in [7, 11) is 0. The second-order valence-electron chi connectivity index (χ2n) is 4.81. The fourth-order valence-corrected chi connectivity index (χ4v) is 2.23. The number of ether oxygens (including phenoxy) is 2. The zero-order chi connectivity index (χ0) is 17.4. The standard InChI is InChI=1S/C19H15ClN2O2/c1-2-23-18-9-16(8-15(11-21)12-22)17(20)10-19(18)24-13-14-6-4-3-5-7-14/h3-10H,2,13H2,1H3. The maximum absolute atomic E-state index is 8.88. The molecule has 0 atom stereocenters. The SMILES string of the molecule is CCOc1cc(C=C(C#N)C#N)c(Cl)cc1OCc1ccccc1. The molecule has 2 aromatic rings. The number of benzene rings is 2. The molecule has 0 fully saturated rings. The molecule has 0 unspecified atom stereocenters. The van der Waals surface area contributed by atoms with Gasteiger partial charge in [0.2, 0.25) is 0 Å². The van der Waals surface area contributed by atoms with Gasteiger partial charge in [0.05, 0.1) is 11.6 Å². The Morgan fingerprint density at radius 1 is 1.08 bits per heavy atom. The normalized spacial score (nSPS) is 9.50. The molecule has 24 heavy (non-hydrogen) atoms. The number of nitriles is 2. The lowest BCUT2D eigenvalue weighted by Crippen LogP contribution is -2.00. The molecule has 0 aliphatic heterocycles. The number of hydrogen-bond donors (Lipinski definition) is 0. The smallest absolute Gasteiger partial charge is 0.163 e. The Labute approximate surface area is 146 Å². The first kappa shape index (κ1) is 17.4. The van der Waals surface area contributed by atoms with E-state index in [1.807, 2.05) is 49.4 Å². The third-order valence-corrected chi connectivity index (χ3v) is 3.47. The van der Waals surface area contributed by atoms with Crippen molar-refractivity contribution in [3.8, 4) is 23.6 Å². The summed E-state index contributed by atoms with van der Waals surface area (Å²) >= 11 is 6.24. The van der Waals surface area contributed by atoms with Crippen molar-refractivity contribution < 1.29 is 9.47 Å². The Morgan fingerprint density at radius 2 is 1.75 bits per heavy atom. The van der Waals surface area contributed by atoms with Crippen LogP contribution in [0.3, 0.4) is 0 Å². The zero-order valence-corrected chi connectivity index (χ0v) is 13.9. The van der Waals surface area contributed by atoms with Crippen molar-refractivity contribution >= 4 is 17.7 Å². The molecular weight excluding hydrogens is 324 g/mol. The topological polar surface area (TPSA) is 66.0 Å². The molecule has 2 rings (SSSR count). The molecule has 4 nitrogen and oxygen atoms in total. The molecular formula is C19H15ClN2O2. The Kier molecular flexibility index (Phi) is 6.25. The lowest BCUT2D eigenvalue weighted by Gasteiger charge is -2.14. The van der Waals surface area contributed by atoms with E-state index in [0.717, 1.165) is 5.56 Å². The van der Waals surface area contributed by atoms with Crippen LogP contribution in [0.4, 0.5) is 0 Å². The minimum Gasteiger partial charge on any atom is -0.490 e. The summed E-state index contributed by atoms with van der Waals surface area (Å²) in [5.74, 6) is 1.03.